The number of hydrogen-bond donors (Lipinski definition) is 1. The average molecular weight is 318 g/mol. The summed E-state index contributed by atoms with van der Waals surface area (Å²) in [5, 5.41) is -0.211. The molecule has 0 bridgehead atoms. The maximum absolute atomic E-state index is 13.6. The number of hydrogen-bond acceptors (Lipinski definition) is 2. The summed E-state index contributed by atoms with van der Waals surface area (Å²) in [4.78, 5) is -0.613. The first kappa shape index (κ1) is 14.9. The third-order valence-corrected chi connectivity index (χ3v) is 4.45. The van der Waals surface area contributed by atoms with Crippen molar-refractivity contribution in [2.45, 2.75) is 11.4 Å². The van der Waals surface area contributed by atoms with Crippen LogP contribution in [0.15, 0.2) is 47.4 Å². The molecule has 7 heteroatoms. The van der Waals surface area contributed by atoms with Gasteiger partial charge in [0.1, 0.15) is 16.5 Å². The van der Waals surface area contributed by atoms with E-state index < -0.39 is 26.6 Å². The van der Waals surface area contributed by atoms with E-state index in [0.717, 1.165) is 6.07 Å². The molecular weight excluding hydrogens is 308 g/mol. The lowest BCUT2D eigenvalue weighted by molar-refractivity contribution is 0.556. The van der Waals surface area contributed by atoms with E-state index in [2.05, 4.69) is 4.72 Å². The zero-order chi connectivity index (χ0) is 14.8. The second-order valence-electron chi connectivity index (χ2n) is 4.01. The number of nitrogens with one attached hydrogen (secondary N) is 1. The van der Waals surface area contributed by atoms with Gasteiger partial charge in [-0.3, -0.25) is 0 Å². The molecule has 0 amide bonds. The fraction of sp³-hybridized carbons (Fsp3) is 0.0769. The third kappa shape index (κ3) is 3.33. The first-order valence-electron chi connectivity index (χ1n) is 5.58. The van der Waals surface area contributed by atoms with Crippen molar-refractivity contribution in [1.82, 2.24) is 4.72 Å². The predicted octanol–water partition coefficient (Wildman–Crippen LogP) is 3.10. The molecule has 0 saturated carbocycles. The van der Waals surface area contributed by atoms with E-state index >= 15 is 0 Å². The molecule has 0 aliphatic rings. The van der Waals surface area contributed by atoms with Crippen LogP contribution in [0.4, 0.5) is 8.78 Å². The highest BCUT2D eigenvalue weighted by molar-refractivity contribution is 7.89. The van der Waals surface area contributed by atoms with Crippen LogP contribution >= 0.6 is 11.6 Å². The van der Waals surface area contributed by atoms with E-state index in [1.54, 1.807) is 6.07 Å². The Hall–Kier alpha value is -1.50. The monoisotopic (exact) mass is 317 g/mol. The van der Waals surface area contributed by atoms with Crippen molar-refractivity contribution in [3.05, 3.63) is 64.7 Å². The maximum atomic E-state index is 13.6. The van der Waals surface area contributed by atoms with Crippen LogP contribution in [0, 0.1) is 11.6 Å². The minimum absolute atomic E-state index is 0.162. The number of sulfonamides is 1. The van der Waals surface area contributed by atoms with E-state index in [1.807, 2.05) is 0 Å². The molecule has 0 atom stereocenters. The Morgan fingerprint density at radius 3 is 2.45 bits per heavy atom. The van der Waals surface area contributed by atoms with Crippen LogP contribution in [-0.4, -0.2) is 8.42 Å². The molecule has 0 radical (unpaired) electrons. The molecule has 0 unspecified atom stereocenters. The van der Waals surface area contributed by atoms with Gasteiger partial charge in [0.05, 0.1) is 5.02 Å². The smallest absolute Gasteiger partial charge is 0.207 e. The topological polar surface area (TPSA) is 46.2 Å². The Labute approximate surface area is 120 Å². The summed E-state index contributed by atoms with van der Waals surface area (Å²) in [7, 11) is -4.11. The molecule has 1 N–H and O–H groups in total. The van der Waals surface area contributed by atoms with Gasteiger partial charge in [0.2, 0.25) is 10.0 Å². The number of halogens is 3. The quantitative estimate of drug-likeness (QED) is 0.942. The molecule has 2 rings (SSSR count). The van der Waals surface area contributed by atoms with Crippen molar-refractivity contribution in [2.75, 3.05) is 0 Å². The Bertz CT molecular complexity index is 715. The number of benzene rings is 2. The zero-order valence-electron chi connectivity index (χ0n) is 10.1. The summed E-state index contributed by atoms with van der Waals surface area (Å²) in [5.74, 6) is -1.42. The van der Waals surface area contributed by atoms with Gasteiger partial charge in [-0.15, -0.1) is 0 Å². The van der Waals surface area contributed by atoms with Crippen LogP contribution < -0.4 is 4.72 Å². The Morgan fingerprint density at radius 1 is 1.10 bits per heavy atom. The van der Waals surface area contributed by atoms with Crippen molar-refractivity contribution in [1.29, 1.82) is 0 Å². The highest BCUT2D eigenvalue weighted by Gasteiger charge is 2.22. The molecule has 0 fully saturated rings. The summed E-state index contributed by atoms with van der Waals surface area (Å²) in [5.41, 5.74) is 0.418. The molecule has 0 aliphatic carbocycles. The second kappa shape index (κ2) is 5.87. The van der Waals surface area contributed by atoms with E-state index in [0.29, 0.717) is 5.56 Å². The zero-order valence-corrected chi connectivity index (χ0v) is 11.7. The number of rotatable bonds is 4. The first-order valence-corrected chi connectivity index (χ1v) is 7.44. The fourth-order valence-electron chi connectivity index (χ4n) is 1.64. The molecule has 2 aromatic carbocycles. The summed E-state index contributed by atoms with van der Waals surface area (Å²) in [6.07, 6.45) is 0. The second-order valence-corrected chi connectivity index (χ2v) is 6.12. The van der Waals surface area contributed by atoms with E-state index in [-0.39, 0.29) is 11.6 Å². The average Bonchev–Trinajstić information content (AvgIpc) is 2.36. The van der Waals surface area contributed by atoms with E-state index in [9.17, 15) is 17.2 Å². The first-order chi connectivity index (χ1) is 9.40. The highest BCUT2D eigenvalue weighted by Crippen LogP contribution is 2.24. The van der Waals surface area contributed by atoms with Crippen molar-refractivity contribution in [2.24, 2.45) is 0 Å². The SMILES string of the molecule is O=S(=O)(NCc1cccc(F)c1)c1c(F)cccc1Cl. The molecule has 20 heavy (non-hydrogen) atoms. The Morgan fingerprint density at radius 2 is 1.80 bits per heavy atom. The standard InChI is InChI=1S/C13H10ClF2NO2S/c14-11-5-2-6-12(16)13(11)20(18,19)17-8-9-3-1-4-10(15)7-9/h1-7,17H,8H2. The maximum Gasteiger partial charge on any atom is 0.245 e. The molecule has 0 aromatic heterocycles. The Balaban J connectivity index is 2.24. The third-order valence-electron chi connectivity index (χ3n) is 2.54. The van der Waals surface area contributed by atoms with Crippen LogP contribution in [0.1, 0.15) is 5.56 Å². The predicted molar refractivity (Wildman–Crippen MR) is 71.8 cm³/mol. The van der Waals surface area contributed by atoms with Crippen LogP contribution in [0.25, 0.3) is 0 Å². The normalized spacial score (nSPS) is 11.6. The highest BCUT2D eigenvalue weighted by atomic mass is 35.5. The molecule has 0 aliphatic heterocycles. The van der Waals surface area contributed by atoms with Gasteiger partial charge < -0.3 is 0 Å². The van der Waals surface area contributed by atoms with Crippen LogP contribution in [0.5, 0.6) is 0 Å². The van der Waals surface area contributed by atoms with Crippen LogP contribution in [0.3, 0.4) is 0 Å². The lowest BCUT2D eigenvalue weighted by atomic mass is 10.2. The lowest BCUT2D eigenvalue weighted by Crippen LogP contribution is -2.24. The minimum Gasteiger partial charge on any atom is -0.207 e. The molecule has 2 aromatic rings. The van der Waals surface area contributed by atoms with Crippen molar-refractivity contribution >= 4 is 21.6 Å². The minimum atomic E-state index is -4.11. The summed E-state index contributed by atoms with van der Waals surface area (Å²) >= 11 is 5.70. The summed E-state index contributed by atoms with van der Waals surface area (Å²) in [6.45, 7) is -0.162. The molecule has 106 valence electrons. The van der Waals surface area contributed by atoms with Gasteiger partial charge in [0, 0.05) is 6.54 Å². The van der Waals surface area contributed by atoms with Gasteiger partial charge in [-0.2, -0.15) is 0 Å². The molecule has 0 spiro atoms. The molecular formula is C13H10ClF2NO2S. The lowest BCUT2D eigenvalue weighted by Gasteiger charge is -2.09. The fourth-order valence-corrected chi connectivity index (χ4v) is 3.25. The largest absolute Gasteiger partial charge is 0.245 e. The van der Waals surface area contributed by atoms with Gasteiger partial charge >= 0.3 is 0 Å². The summed E-state index contributed by atoms with van der Waals surface area (Å²) in [6, 6.07) is 9.02. The molecule has 0 heterocycles. The van der Waals surface area contributed by atoms with Gasteiger partial charge in [0.25, 0.3) is 0 Å². The molecule has 0 saturated heterocycles. The summed E-state index contributed by atoms with van der Waals surface area (Å²) < 4.78 is 52.7. The van der Waals surface area contributed by atoms with Crippen molar-refractivity contribution in [3.8, 4) is 0 Å². The van der Waals surface area contributed by atoms with E-state index in [1.165, 1.54) is 30.3 Å². The van der Waals surface area contributed by atoms with Gasteiger partial charge in [-0.1, -0.05) is 29.8 Å². The Kier molecular flexibility index (Phi) is 4.37. The van der Waals surface area contributed by atoms with Gasteiger partial charge in [-0.05, 0) is 29.8 Å². The van der Waals surface area contributed by atoms with Crippen LogP contribution in [-0.2, 0) is 16.6 Å². The van der Waals surface area contributed by atoms with Gasteiger partial charge in [-0.25, -0.2) is 21.9 Å². The van der Waals surface area contributed by atoms with Crippen LogP contribution in [0.2, 0.25) is 5.02 Å². The van der Waals surface area contributed by atoms with Crippen molar-refractivity contribution in [3.63, 3.8) is 0 Å². The molecule has 3 nitrogen and oxygen atoms in total. The van der Waals surface area contributed by atoms with Gasteiger partial charge in [0.15, 0.2) is 0 Å². The van der Waals surface area contributed by atoms with E-state index in [4.69, 9.17) is 11.6 Å². The van der Waals surface area contributed by atoms with Crippen molar-refractivity contribution < 1.29 is 17.2 Å².